The van der Waals surface area contributed by atoms with Crippen molar-refractivity contribution in [1.29, 1.82) is 0 Å². The van der Waals surface area contributed by atoms with Gasteiger partial charge >= 0.3 is 0 Å². The van der Waals surface area contributed by atoms with E-state index in [1.54, 1.807) is 42.5 Å². The van der Waals surface area contributed by atoms with Crippen molar-refractivity contribution < 1.29 is 19.1 Å². The van der Waals surface area contributed by atoms with Crippen LogP contribution in [0.25, 0.3) is 0 Å². The first-order valence-corrected chi connectivity index (χ1v) is 8.53. The molecule has 1 N–H and O–H groups in total. The van der Waals surface area contributed by atoms with E-state index in [-0.39, 0.29) is 11.7 Å². The topological polar surface area (TPSA) is 64.6 Å². The smallest absolute Gasteiger partial charge is 0.239 e. The lowest BCUT2D eigenvalue weighted by atomic mass is 10.00. The quantitative estimate of drug-likeness (QED) is 0.572. The molecular weight excluding hydrogens is 342 g/mol. The van der Waals surface area contributed by atoms with Crippen molar-refractivity contribution in [2.24, 2.45) is 0 Å². The molecule has 0 heterocycles. The van der Waals surface area contributed by atoms with Gasteiger partial charge in [0, 0.05) is 5.56 Å². The fourth-order valence-corrected chi connectivity index (χ4v) is 2.41. The monoisotopic (exact) mass is 361 g/mol. The lowest BCUT2D eigenvalue weighted by molar-refractivity contribution is -0.113. The van der Waals surface area contributed by atoms with E-state index >= 15 is 0 Å². The van der Waals surface area contributed by atoms with Crippen LogP contribution in [-0.4, -0.2) is 30.8 Å². The molecule has 0 radical (unpaired) electrons. The number of carbonyl (C=O) groups is 2. The average molecular weight is 362 g/mol. The second-order valence-electron chi connectivity index (χ2n) is 5.08. The fourth-order valence-electron chi connectivity index (χ4n) is 2.34. The first-order chi connectivity index (χ1) is 12.1. The Labute approximate surface area is 151 Å². The second kappa shape index (κ2) is 9.08. The number of amides is 1. The predicted molar refractivity (Wildman–Crippen MR) is 98.0 cm³/mol. The summed E-state index contributed by atoms with van der Waals surface area (Å²) in [6.45, 7) is 4.62. The van der Waals surface area contributed by atoms with E-state index in [0.717, 1.165) is 0 Å². The Bertz CT molecular complexity index is 761. The fraction of sp³-hybridized carbons (Fsp3) is 0.263. The first kappa shape index (κ1) is 18.8. The van der Waals surface area contributed by atoms with Gasteiger partial charge in [0.25, 0.3) is 0 Å². The molecule has 2 aromatic carbocycles. The molecule has 0 fully saturated rings. The summed E-state index contributed by atoms with van der Waals surface area (Å²) in [6, 6.07) is 11.9. The number of alkyl halides is 1. The van der Waals surface area contributed by atoms with Crippen molar-refractivity contribution in [3.05, 3.63) is 53.6 Å². The number of nitrogens with one attached hydrogen (secondary N) is 1. The minimum Gasteiger partial charge on any atom is -0.494 e. The minimum absolute atomic E-state index is 0.198. The summed E-state index contributed by atoms with van der Waals surface area (Å²) in [7, 11) is 0. The van der Waals surface area contributed by atoms with Crippen LogP contribution in [0.2, 0.25) is 0 Å². The van der Waals surface area contributed by atoms with Crippen LogP contribution in [0.15, 0.2) is 42.5 Å². The van der Waals surface area contributed by atoms with Gasteiger partial charge in [-0.05, 0) is 44.2 Å². The summed E-state index contributed by atoms with van der Waals surface area (Å²) in [4.78, 5) is 24.7. The highest BCUT2D eigenvalue weighted by molar-refractivity contribution is 6.29. The third kappa shape index (κ3) is 4.73. The molecule has 0 atom stereocenters. The van der Waals surface area contributed by atoms with Crippen molar-refractivity contribution in [2.75, 3.05) is 24.4 Å². The van der Waals surface area contributed by atoms with Crippen LogP contribution in [0.4, 0.5) is 5.69 Å². The normalized spacial score (nSPS) is 10.2. The molecule has 25 heavy (non-hydrogen) atoms. The maximum Gasteiger partial charge on any atom is 0.239 e. The zero-order valence-electron chi connectivity index (χ0n) is 14.2. The van der Waals surface area contributed by atoms with E-state index < -0.39 is 5.91 Å². The SMILES string of the molecule is CCOc1ccc(NC(=O)CCl)c(C(=O)c2ccccc2OCC)c1. The van der Waals surface area contributed by atoms with E-state index in [9.17, 15) is 9.59 Å². The van der Waals surface area contributed by atoms with Crippen LogP contribution >= 0.6 is 11.6 Å². The molecule has 5 nitrogen and oxygen atoms in total. The molecule has 0 aliphatic rings. The largest absolute Gasteiger partial charge is 0.494 e. The van der Waals surface area contributed by atoms with Gasteiger partial charge in [-0.15, -0.1) is 11.6 Å². The molecule has 0 aromatic heterocycles. The number of hydrogen-bond donors (Lipinski definition) is 1. The van der Waals surface area contributed by atoms with E-state index in [1.807, 2.05) is 13.8 Å². The summed E-state index contributed by atoms with van der Waals surface area (Å²) in [6.07, 6.45) is 0. The lowest BCUT2D eigenvalue weighted by Crippen LogP contribution is -2.16. The van der Waals surface area contributed by atoms with Crippen LogP contribution in [0.3, 0.4) is 0 Å². The van der Waals surface area contributed by atoms with Gasteiger partial charge in [0.2, 0.25) is 5.91 Å². The second-order valence-corrected chi connectivity index (χ2v) is 5.35. The van der Waals surface area contributed by atoms with Crippen LogP contribution in [0.5, 0.6) is 11.5 Å². The first-order valence-electron chi connectivity index (χ1n) is 7.99. The van der Waals surface area contributed by atoms with Crippen molar-refractivity contribution in [3.63, 3.8) is 0 Å². The average Bonchev–Trinajstić information content (AvgIpc) is 2.63. The van der Waals surface area contributed by atoms with Gasteiger partial charge in [0.05, 0.1) is 24.5 Å². The molecule has 2 aromatic rings. The summed E-state index contributed by atoms with van der Waals surface area (Å²) >= 11 is 5.56. The summed E-state index contributed by atoms with van der Waals surface area (Å²) in [5, 5.41) is 2.64. The van der Waals surface area contributed by atoms with Gasteiger partial charge in [-0.2, -0.15) is 0 Å². The van der Waals surface area contributed by atoms with Crippen molar-refractivity contribution in [2.45, 2.75) is 13.8 Å². The molecule has 0 aliphatic carbocycles. The Balaban J connectivity index is 2.48. The molecule has 0 unspecified atom stereocenters. The highest BCUT2D eigenvalue weighted by Crippen LogP contribution is 2.28. The maximum absolute atomic E-state index is 13.1. The molecule has 0 spiro atoms. The third-order valence-corrected chi connectivity index (χ3v) is 3.62. The minimum atomic E-state index is -0.391. The summed E-state index contributed by atoms with van der Waals surface area (Å²) < 4.78 is 11.0. The van der Waals surface area contributed by atoms with Crippen molar-refractivity contribution >= 4 is 29.0 Å². The Morgan fingerprint density at radius 3 is 2.40 bits per heavy atom. The Hall–Kier alpha value is -2.53. The maximum atomic E-state index is 13.1. The lowest BCUT2D eigenvalue weighted by Gasteiger charge is -2.14. The Kier molecular flexibility index (Phi) is 6.83. The summed E-state index contributed by atoms with van der Waals surface area (Å²) in [5.41, 5.74) is 1.11. The van der Waals surface area contributed by atoms with Crippen LogP contribution in [0, 0.1) is 0 Å². The molecule has 0 saturated heterocycles. The van der Waals surface area contributed by atoms with E-state index in [0.29, 0.717) is 41.5 Å². The number of anilines is 1. The highest BCUT2D eigenvalue weighted by atomic mass is 35.5. The number of ether oxygens (including phenoxy) is 2. The Morgan fingerprint density at radius 2 is 1.72 bits per heavy atom. The van der Waals surface area contributed by atoms with Gasteiger partial charge in [0.15, 0.2) is 5.78 Å². The van der Waals surface area contributed by atoms with Crippen molar-refractivity contribution in [1.82, 2.24) is 0 Å². The van der Waals surface area contributed by atoms with Crippen LogP contribution in [0.1, 0.15) is 29.8 Å². The number of ketones is 1. The summed E-state index contributed by atoms with van der Waals surface area (Å²) in [5.74, 6) is 0.180. The Morgan fingerprint density at radius 1 is 1.00 bits per heavy atom. The van der Waals surface area contributed by atoms with E-state index in [2.05, 4.69) is 5.32 Å². The molecular formula is C19H20ClNO4. The third-order valence-electron chi connectivity index (χ3n) is 3.37. The van der Waals surface area contributed by atoms with Gasteiger partial charge in [-0.25, -0.2) is 0 Å². The highest BCUT2D eigenvalue weighted by Gasteiger charge is 2.19. The van der Waals surface area contributed by atoms with Crippen LogP contribution in [-0.2, 0) is 4.79 Å². The zero-order valence-corrected chi connectivity index (χ0v) is 14.9. The van der Waals surface area contributed by atoms with E-state index in [1.165, 1.54) is 0 Å². The number of rotatable bonds is 8. The van der Waals surface area contributed by atoms with Gasteiger partial charge in [-0.1, -0.05) is 12.1 Å². The standard InChI is InChI=1S/C19H20ClNO4/c1-3-24-13-9-10-16(21-18(22)12-20)15(11-13)19(23)14-7-5-6-8-17(14)25-4-2/h5-11H,3-4,12H2,1-2H3,(H,21,22). The number of benzene rings is 2. The number of hydrogen-bond acceptors (Lipinski definition) is 4. The van der Waals surface area contributed by atoms with Crippen LogP contribution < -0.4 is 14.8 Å². The number of halogens is 1. The molecule has 6 heteroatoms. The number of para-hydroxylation sites is 1. The van der Waals surface area contributed by atoms with Gasteiger partial charge in [0.1, 0.15) is 17.4 Å². The molecule has 132 valence electrons. The zero-order chi connectivity index (χ0) is 18.2. The molecule has 1 amide bonds. The molecule has 0 aliphatic heterocycles. The predicted octanol–water partition coefficient (Wildman–Crippen LogP) is 3.89. The van der Waals surface area contributed by atoms with E-state index in [4.69, 9.17) is 21.1 Å². The molecule has 0 saturated carbocycles. The van der Waals surface area contributed by atoms with Gasteiger partial charge < -0.3 is 14.8 Å². The number of carbonyl (C=O) groups excluding carboxylic acids is 2. The molecule has 0 bridgehead atoms. The van der Waals surface area contributed by atoms with Gasteiger partial charge in [-0.3, -0.25) is 9.59 Å². The van der Waals surface area contributed by atoms with Crippen molar-refractivity contribution in [3.8, 4) is 11.5 Å². The molecule has 2 rings (SSSR count).